The number of carbonyl (C=O) groups excluding carboxylic acids is 1. The minimum absolute atomic E-state index is 0.0536. The van der Waals surface area contributed by atoms with E-state index in [2.05, 4.69) is 27.6 Å². The van der Waals surface area contributed by atoms with Crippen molar-refractivity contribution in [3.8, 4) is 0 Å². The number of aliphatic hydroxyl groups is 1. The molecule has 22 heavy (non-hydrogen) atoms. The monoisotopic (exact) mass is 297 g/mol. The third kappa shape index (κ3) is 2.22. The molecular formula is C17H19N3O2. The molecule has 1 aliphatic carbocycles. The van der Waals surface area contributed by atoms with Crippen molar-refractivity contribution >= 4 is 11.7 Å². The van der Waals surface area contributed by atoms with Gasteiger partial charge in [-0.2, -0.15) is 5.10 Å². The quantitative estimate of drug-likeness (QED) is 0.814. The van der Waals surface area contributed by atoms with Crippen LogP contribution in [0.5, 0.6) is 0 Å². The Morgan fingerprint density at radius 3 is 2.91 bits per heavy atom. The van der Waals surface area contributed by atoms with E-state index in [9.17, 15) is 9.90 Å². The Morgan fingerprint density at radius 2 is 2.09 bits per heavy atom. The van der Waals surface area contributed by atoms with Crippen LogP contribution in [0.1, 0.15) is 53.5 Å². The Balaban J connectivity index is 1.48. The van der Waals surface area contributed by atoms with Crippen molar-refractivity contribution in [3.05, 3.63) is 46.6 Å². The van der Waals surface area contributed by atoms with Crippen LogP contribution < -0.4 is 5.32 Å². The molecule has 4 rings (SSSR count). The number of nitrogens with one attached hydrogen (secondary N) is 2. The molecule has 1 aromatic heterocycles. The molecule has 0 saturated heterocycles. The lowest BCUT2D eigenvalue weighted by Gasteiger charge is -2.36. The van der Waals surface area contributed by atoms with E-state index < -0.39 is 0 Å². The number of benzene rings is 1. The van der Waals surface area contributed by atoms with Crippen LogP contribution in [0.15, 0.2) is 24.3 Å². The van der Waals surface area contributed by atoms with Gasteiger partial charge < -0.3 is 10.4 Å². The van der Waals surface area contributed by atoms with E-state index in [4.69, 9.17) is 0 Å². The Hall–Kier alpha value is -2.14. The lowest BCUT2D eigenvalue weighted by Crippen LogP contribution is -2.23. The highest BCUT2D eigenvalue weighted by Gasteiger charge is 2.35. The van der Waals surface area contributed by atoms with Crippen LogP contribution in [0.25, 0.3) is 0 Å². The predicted octanol–water partition coefficient (Wildman–Crippen LogP) is 2.45. The number of H-pyrrole nitrogens is 1. The van der Waals surface area contributed by atoms with Crippen LogP contribution in [0.4, 0.5) is 5.82 Å². The summed E-state index contributed by atoms with van der Waals surface area (Å²) in [5, 5.41) is 19.4. The zero-order valence-corrected chi connectivity index (χ0v) is 12.3. The third-order valence-corrected chi connectivity index (χ3v) is 4.91. The van der Waals surface area contributed by atoms with Crippen molar-refractivity contribution in [2.24, 2.45) is 0 Å². The van der Waals surface area contributed by atoms with Gasteiger partial charge in [-0.1, -0.05) is 24.3 Å². The zero-order chi connectivity index (χ0) is 15.1. The van der Waals surface area contributed by atoms with Gasteiger partial charge >= 0.3 is 0 Å². The van der Waals surface area contributed by atoms with Crippen LogP contribution in [0.2, 0.25) is 0 Å². The maximum Gasteiger partial charge on any atom is 0.225 e. The summed E-state index contributed by atoms with van der Waals surface area (Å²) in [5.41, 5.74) is 4.67. The van der Waals surface area contributed by atoms with Crippen molar-refractivity contribution < 1.29 is 9.90 Å². The highest BCUT2D eigenvalue weighted by Crippen LogP contribution is 2.49. The zero-order valence-electron chi connectivity index (χ0n) is 12.3. The van der Waals surface area contributed by atoms with E-state index >= 15 is 0 Å². The number of hydrogen-bond donors (Lipinski definition) is 3. The highest BCUT2D eigenvalue weighted by molar-refractivity contribution is 5.92. The Kier molecular flexibility index (Phi) is 3.22. The average Bonchev–Trinajstić information content (AvgIpc) is 2.89. The molecule has 3 N–H and O–H groups in total. The van der Waals surface area contributed by atoms with Gasteiger partial charge in [0.2, 0.25) is 5.91 Å². The van der Waals surface area contributed by atoms with Gasteiger partial charge in [0.05, 0.1) is 6.61 Å². The fourth-order valence-corrected chi connectivity index (χ4v) is 3.58. The number of nitrogens with zero attached hydrogens (tertiary/aromatic N) is 1. The maximum atomic E-state index is 11.4. The lowest BCUT2D eigenvalue weighted by atomic mass is 9.69. The van der Waals surface area contributed by atoms with Gasteiger partial charge in [0.1, 0.15) is 0 Å². The molecule has 0 atom stereocenters. The van der Waals surface area contributed by atoms with Gasteiger partial charge in [-0.15, -0.1) is 0 Å². The molecule has 1 aliphatic heterocycles. The molecule has 2 aliphatic rings. The number of aliphatic hydroxyl groups excluding tert-OH is 1. The maximum absolute atomic E-state index is 11.4. The topological polar surface area (TPSA) is 78.0 Å². The normalized spacial score (nSPS) is 23.6. The predicted molar refractivity (Wildman–Crippen MR) is 82.6 cm³/mol. The molecule has 2 aromatic rings. The van der Waals surface area contributed by atoms with Gasteiger partial charge in [0, 0.05) is 23.6 Å². The average molecular weight is 297 g/mol. The van der Waals surface area contributed by atoms with Gasteiger partial charge in [-0.05, 0) is 36.3 Å². The first kappa shape index (κ1) is 13.5. The van der Waals surface area contributed by atoms with Crippen molar-refractivity contribution in [2.45, 2.75) is 44.1 Å². The largest absolute Gasteiger partial charge is 0.392 e. The van der Waals surface area contributed by atoms with Gasteiger partial charge in [-0.3, -0.25) is 9.89 Å². The van der Waals surface area contributed by atoms with Crippen LogP contribution in [0.3, 0.4) is 0 Å². The number of carbonyl (C=O) groups is 1. The number of rotatable bonds is 3. The number of amides is 1. The first-order valence-electron chi connectivity index (χ1n) is 7.81. The van der Waals surface area contributed by atoms with Crippen LogP contribution in [0, 0.1) is 0 Å². The second kappa shape index (κ2) is 5.25. The molecule has 0 spiro atoms. The summed E-state index contributed by atoms with van der Waals surface area (Å²) in [4.78, 5) is 11.4. The molecule has 114 valence electrons. The molecule has 0 radical (unpaired) electrons. The van der Waals surface area contributed by atoms with Gasteiger partial charge in [0.15, 0.2) is 5.82 Å². The summed E-state index contributed by atoms with van der Waals surface area (Å²) in [6.07, 6.45) is 3.53. The number of fused-ring (bicyclic) bond motifs is 1. The van der Waals surface area contributed by atoms with Crippen LogP contribution >= 0.6 is 0 Å². The smallest absolute Gasteiger partial charge is 0.225 e. The summed E-state index contributed by atoms with van der Waals surface area (Å²) in [6.45, 7) is 0.0950. The molecule has 1 fully saturated rings. The fourth-order valence-electron chi connectivity index (χ4n) is 3.58. The molecule has 0 bridgehead atoms. The summed E-state index contributed by atoms with van der Waals surface area (Å²) < 4.78 is 0. The second-order valence-corrected chi connectivity index (χ2v) is 6.28. The van der Waals surface area contributed by atoms with Gasteiger partial charge in [0.25, 0.3) is 0 Å². The number of anilines is 1. The molecule has 0 unspecified atom stereocenters. The summed E-state index contributed by atoms with van der Waals surface area (Å²) in [5.74, 6) is 1.82. The number of aromatic nitrogens is 2. The minimum Gasteiger partial charge on any atom is -0.392 e. The van der Waals surface area contributed by atoms with Crippen LogP contribution in [-0.4, -0.2) is 21.2 Å². The summed E-state index contributed by atoms with van der Waals surface area (Å²) in [7, 11) is 0. The number of aromatic amines is 1. The lowest BCUT2D eigenvalue weighted by molar-refractivity contribution is -0.116. The Labute approximate surface area is 128 Å². The molecule has 1 aromatic carbocycles. The van der Waals surface area contributed by atoms with E-state index in [-0.39, 0.29) is 12.5 Å². The first-order valence-corrected chi connectivity index (χ1v) is 7.81. The highest BCUT2D eigenvalue weighted by atomic mass is 16.3. The van der Waals surface area contributed by atoms with E-state index in [1.54, 1.807) is 0 Å². The van der Waals surface area contributed by atoms with Crippen molar-refractivity contribution in [3.63, 3.8) is 0 Å². The SMILES string of the molecule is O=C1CCc2c(n[nH]c2C2CC(c3cccc(CO)c3)C2)N1. The van der Waals surface area contributed by atoms with Crippen molar-refractivity contribution in [1.82, 2.24) is 10.2 Å². The molecule has 2 heterocycles. The van der Waals surface area contributed by atoms with Crippen LogP contribution in [-0.2, 0) is 17.8 Å². The fraction of sp³-hybridized carbons (Fsp3) is 0.412. The first-order chi connectivity index (χ1) is 10.7. The molecule has 5 nitrogen and oxygen atoms in total. The number of hydrogen-bond acceptors (Lipinski definition) is 3. The second-order valence-electron chi connectivity index (χ2n) is 6.28. The molecular weight excluding hydrogens is 278 g/mol. The molecule has 1 amide bonds. The van der Waals surface area contributed by atoms with Crippen molar-refractivity contribution in [1.29, 1.82) is 0 Å². The van der Waals surface area contributed by atoms with E-state index in [1.807, 2.05) is 12.1 Å². The van der Waals surface area contributed by atoms with Gasteiger partial charge in [-0.25, -0.2) is 0 Å². The van der Waals surface area contributed by atoms with E-state index in [0.717, 1.165) is 30.6 Å². The standard InChI is InChI=1S/C17H19N3O2/c21-9-10-2-1-3-11(6-10)12-7-13(8-12)16-14-4-5-15(22)18-17(14)20-19-16/h1-3,6,12-13,21H,4-5,7-9H2,(H2,18,19,20,22). The molecule has 1 saturated carbocycles. The third-order valence-electron chi connectivity index (χ3n) is 4.91. The minimum atomic E-state index is 0.0536. The Morgan fingerprint density at radius 1 is 1.23 bits per heavy atom. The molecule has 5 heteroatoms. The summed E-state index contributed by atoms with van der Waals surface area (Å²) in [6, 6.07) is 8.21. The summed E-state index contributed by atoms with van der Waals surface area (Å²) >= 11 is 0. The van der Waals surface area contributed by atoms with E-state index in [0.29, 0.717) is 18.3 Å². The Bertz CT molecular complexity index is 716. The van der Waals surface area contributed by atoms with Crippen molar-refractivity contribution in [2.75, 3.05) is 5.32 Å². The van der Waals surface area contributed by atoms with E-state index in [1.165, 1.54) is 16.8 Å².